The number of phenolic OH excluding ortho intramolecular Hbond substituents is 1. The lowest BCUT2D eigenvalue weighted by Gasteiger charge is -2.29. The zero-order valence-corrected chi connectivity index (χ0v) is 47.2. The molecule has 1 aromatic heterocycles. The van der Waals surface area contributed by atoms with Crippen LogP contribution in [0.1, 0.15) is 96.4 Å². The number of rotatable bonds is 34. The van der Waals surface area contributed by atoms with Crippen molar-refractivity contribution in [2.24, 2.45) is 17.6 Å². The van der Waals surface area contributed by atoms with E-state index in [4.69, 9.17) is 5.73 Å². The van der Waals surface area contributed by atoms with Crippen LogP contribution in [-0.4, -0.2) is 164 Å². The minimum atomic E-state index is -1.63. The van der Waals surface area contributed by atoms with E-state index < -0.39 is 114 Å². The molecule has 8 amide bonds. The van der Waals surface area contributed by atoms with Gasteiger partial charge in [0.25, 0.3) is 0 Å². The van der Waals surface area contributed by atoms with E-state index in [-0.39, 0.29) is 62.6 Å². The molecular weight excluding hydrogens is 1050 g/mol. The summed E-state index contributed by atoms with van der Waals surface area (Å²) in [6, 6.07) is 3.57. The van der Waals surface area contributed by atoms with Gasteiger partial charge in [-0.1, -0.05) is 70.2 Å². The molecule has 3 aromatic rings. The van der Waals surface area contributed by atoms with E-state index in [0.29, 0.717) is 48.4 Å². The maximum atomic E-state index is 14.7. The largest absolute Gasteiger partial charge is 0.508 e. The van der Waals surface area contributed by atoms with E-state index in [1.54, 1.807) is 58.0 Å². The first-order valence-corrected chi connectivity index (χ1v) is 28.5. The molecule has 1 aliphatic heterocycles. The molecule has 440 valence electrons. The number of amides is 8. The second-order valence-electron chi connectivity index (χ2n) is 20.8. The summed E-state index contributed by atoms with van der Waals surface area (Å²) in [6.07, 6.45) is 5.36. The molecule has 0 unspecified atom stereocenters. The Labute approximate surface area is 471 Å². The lowest BCUT2D eigenvalue weighted by Crippen LogP contribution is -2.62. The third kappa shape index (κ3) is 21.9. The van der Waals surface area contributed by atoms with Crippen LogP contribution >= 0.6 is 11.8 Å². The molecule has 15 N–H and O–H groups in total. The van der Waals surface area contributed by atoms with E-state index in [9.17, 15) is 58.5 Å². The van der Waals surface area contributed by atoms with Crippen LogP contribution in [0.15, 0.2) is 67.1 Å². The number of aliphatic hydroxyl groups is 1. The first kappa shape index (κ1) is 65.4. The molecule has 4 rings (SSSR count). The Morgan fingerprint density at radius 3 is 1.68 bits per heavy atom. The van der Waals surface area contributed by atoms with Gasteiger partial charge in [-0.2, -0.15) is 11.8 Å². The summed E-state index contributed by atoms with van der Waals surface area (Å²) in [7, 11) is 0. The number of phenols is 1. The molecule has 0 radical (unpaired) electrons. The number of thioether (sulfide) groups is 1. The monoisotopic (exact) mass is 1130 g/mol. The van der Waals surface area contributed by atoms with Crippen molar-refractivity contribution in [2.75, 3.05) is 25.1 Å². The zero-order valence-electron chi connectivity index (χ0n) is 46.4. The highest BCUT2D eigenvalue weighted by Gasteiger charge is 2.37. The van der Waals surface area contributed by atoms with Crippen molar-refractivity contribution in [1.82, 2.24) is 57.8 Å². The number of aromatic nitrogens is 2. The van der Waals surface area contributed by atoms with Crippen molar-refractivity contribution in [3.05, 3.63) is 83.9 Å². The lowest BCUT2D eigenvalue weighted by atomic mass is 10.00. The molecule has 24 nitrogen and oxygen atoms in total. The summed E-state index contributed by atoms with van der Waals surface area (Å²) < 4.78 is 0. The first-order valence-electron chi connectivity index (χ1n) is 27.2. The van der Waals surface area contributed by atoms with Crippen LogP contribution in [0.5, 0.6) is 5.75 Å². The number of carboxylic acid groups (broad SMARTS) is 1. The maximum absolute atomic E-state index is 14.7. The van der Waals surface area contributed by atoms with Gasteiger partial charge in [0.05, 0.1) is 18.5 Å². The van der Waals surface area contributed by atoms with Crippen LogP contribution < -0.4 is 53.6 Å². The van der Waals surface area contributed by atoms with Gasteiger partial charge < -0.3 is 73.9 Å². The van der Waals surface area contributed by atoms with Crippen molar-refractivity contribution in [1.29, 1.82) is 0 Å². The fraction of sp³-hybridized carbons (Fsp3) is 0.564. The van der Waals surface area contributed by atoms with Crippen LogP contribution in [0.3, 0.4) is 0 Å². The lowest BCUT2D eigenvalue weighted by molar-refractivity contribution is -0.144. The van der Waals surface area contributed by atoms with E-state index in [0.717, 1.165) is 6.42 Å². The van der Waals surface area contributed by atoms with Crippen LogP contribution in [0.2, 0.25) is 0 Å². The minimum Gasteiger partial charge on any atom is -0.508 e. The van der Waals surface area contributed by atoms with E-state index in [1.165, 1.54) is 55.5 Å². The number of hydrogen-bond acceptors (Lipinski definition) is 15. The number of benzene rings is 2. The third-order valence-corrected chi connectivity index (χ3v) is 14.0. The van der Waals surface area contributed by atoms with Gasteiger partial charge in [0.1, 0.15) is 54.1 Å². The smallest absolute Gasteiger partial charge is 0.326 e. The molecule has 10 atom stereocenters. The summed E-state index contributed by atoms with van der Waals surface area (Å²) >= 11 is 1.49. The normalized spacial score (nSPS) is 16.6. The molecule has 25 heteroatoms. The van der Waals surface area contributed by atoms with Gasteiger partial charge >= 0.3 is 5.97 Å². The number of nitrogens with one attached hydrogen (secondary N) is 10. The van der Waals surface area contributed by atoms with Crippen molar-refractivity contribution in [3.8, 4) is 5.75 Å². The zero-order chi connectivity index (χ0) is 58.9. The molecule has 0 aliphatic carbocycles. The molecule has 1 fully saturated rings. The molecular formula is C55H82N12O12S. The summed E-state index contributed by atoms with van der Waals surface area (Å²) in [5.41, 5.74) is 7.42. The van der Waals surface area contributed by atoms with Gasteiger partial charge in [-0.15, -0.1) is 0 Å². The Hall–Kier alpha value is -7.09. The van der Waals surface area contributed by atoms with Gasteiger partial charge in [-0.25, -0.2) is 9.78 Å². The Balaban J connectivity index is 1.65. The molecule has 0 saturated carbocycles. The highest BCUT2D eigenvalue weighted by atomic mass is 32.2. The number of aliphatic hydroxyl groups excluding tert-OH is 1. The molecule has 1 saturated heterocycles. The topological polar surface area (TPSA) is 377 Å². The van der Waals surface area contributed by atoms with Crippen molar-refractivity contribution in [3.63, 3.8) is 0 Å². The number of carbonyl (C=O) groups is 9. The fourth-order valence-electron chi connectivity index (χ4n) is 8.89. The Kier molecular flexibility index (Phi) is 27.4. The number of H-pyrrole nitrogens is 1. The third-order valence-electron chi connectivity index (χ3n) is 13.4. The standard InChI is InChI=1S/C55H82N12O12S/c1-31(2)25-41(53(76)67-46(33(5)68)54(77)66-45(32(3)4)55(78)79)62-52(75)44(28-36-29-57-30-59-36)65-51(74)43(27-35-17-19-37(69)20-18-35)63-48(71)39(15-10-11-22-56)60-50(73)42(26-34-13-8-7-9-14-34)64-49(72)40(21-24-80-6)61-47(70)38-16-12-23-58-38/h7-9,13-14,17-20,29-33,38-46,58,68-69H,10-12,15-16,21-28,56H2,1-6H3,(H,57,59)(H,60,73)(H,61,70)(H,62,75)(H,63,71)(H,64,72)(H,65,74)(H,66,77)(H,67,76)(H,78,79)/t33-,38+,39+,40+,41+,42+,43+,44+,45+,46+/m1/s1. The van der Waals surface area contributed by atoms with E-state index in [1.807, 2.05) is 6.26 Å². The summed E-state index contributed by atoms with van der Waals surface area (Å²) in [6.45, 7) is 8.87. The number of nitrogens with two attached hydrogens (primary N) is 1. The Morgan fingerprint density at radius 2 is 1.18 bits per heavy atom. The van der Waals surface area contributed by atoms with Crippen LogP contribution in [0.25, 0.3) is 0 Å². The van der Waals surface area contributed by atoms with Crippen LogP contribution in [0, 0.1) is 11.8 Å². The second-order valence-corrected chi connectivity index (χ2v) is 21.8. The van der Waals surface area contributed by atoms with E-state index in [2.05, 4.69) is 57.8 Å². The summed E-state index contributed by atoms with van der Waals surface area (Å²) in [5, 5.41) is 55.0. The molecule has 0 bridgehead atoms. The van der Waals surface area contributed by atoms with Crippen molar-refractivity contribution < 1.29 is 58.5 Å². The van der Waals surface area contributed by atoms with Gasteiger partial charge in [0, 0.05) is 31.2 Å². The quantitative estimate of drug-likeness (QED) is 0.0345. The predicted octanol–water partition coefficient (Wildman–Crippen LogP) is -0.177. The maximum Gasteiger partial charge on any atom is 0.326 e. The van der Waals surface area contributed by atoms with Crippen molar-refractivity contribution >= 4 is 65.0 Å². The Morgan fingerprint density at radius 1 is 0.650 bits per heavy atom. The SMILES string of the molecule is CSCC[C@H](NC(=O)[C@@H]1CCCN1)C(=O)N[C@@H](Cc1ccccc1)C(=O)N[C@@H](CCCCN)C(=O)N[C@@H](Cc1ccc(O)cc1)C(=O)N[C@@H](Cc1cnc[nH]1)C(=O)N[C@@H](CC(C)C)C(=O)N[C@H](C(=O)N[C@H](C(=O)O)C(C)C)[C@@H](C)O. The number of carbonyl (C=O) groups excluding carboxylic acids is 8. The van der Waals surface area contributed by atoms with Crippen LogP contribution in [0.4, 0.5) is 0 Å². The number of aliphatic carboxylic acids is 1. The fourth-order valence-corrected chi connectivity index (χ4v) is 9.36. The van der Waals surface area contributed by atoms with Gasteiger partial charge in [-0.3, -0.25) is 38.4 Å². The average Bonchev–Trinajstić information content (AvgIpc) is 4.16. The summed E-state index contributed by atoms with van der Waals surface area (Å²) in [4.78, 5) is 132. The van der Waals surface area contributed by atoms with Gasteiger partial charge in [0.15, 0.2) is 0 Å². The van der Waals surface area contributed by atoms with E-state index >= 15 is 0 Å². The predicted molar refractivity (Wildman–Crippen MR) is 300 cm³/mol. The average molecular weight is 1140 g/mol. The highest BCUT2D eigenvalue weighted by molar-refractivity contribution is 7.98. The number of aromatic hydroxyl groups is 1. The number of aromatic amines is 1. The van der Waals surface area contributed by atoms with Crippen LogP contribution in [-0.2, 0) is 62.4 Å². The van der Waals surface area contributed by atoms with Crippen molar-refractivity contribution in [2.45, 2.75) is 159 Å². The number of imidazole rings is 1. The van der Waals surface area contributed by atoms with Gasteiger partial charge in [0.2, 0.25) is 47.3 Å². The number of hydrogen-bond donors (Lipinski definition) is 14. The molecule has 2 heterocycles. The highest BCUT2D eigenvalue weighted by Crippen LogP contribution is 2.16. The summed E-state index contributed by atoms with van der Waals surface area (Å²) in [5.74, 6) is -7.67. The first-order chi connectivity index (χ1) is 38.1. The van der Waals surface area contributed by atoms with Gasteiger partial charge in [-0.05, 0) is 112 Å². The molecule has 1 aliphatic rings. The molecule has 2 aromatic carbocycles. The Bertz CT molecular complexity index is 2480. The number of unbranched alkanes of at least 4 members (excludes halogenated alkanes) is 1. The number of nitrogens with zero attached hydrogens (tertiary/aromatic N) is 1. The molecule has 0 spiro atoms. The molecule has 80 heavy (non-hydrogen) atoms. The second kappa shape index (κ2) is 33.5. The number of carboxylic acids is 1. The minimum absolute atomic E-state index is 0.0102.